The van der Waals surface area contributed by atoms with Crippen LogP contribution in [0.25, 0.3) is 0 Å². The molecule has 0 radical (unpaired) electrons. The van der Waals surface area contributed by atoms with Gasteiger partial charge in [-0.25, -0.2) is 0 Å². The zero-order valence-corrected chi connectivity index (χ0v) is 16.2. The van der Waals surface area contributed by atoms with Crippen molar-refractivity contribution in [2.75, 3.05) is 0 Å². The van der Waals surface area contributed by atoms with Crippen molar-refractivity contribution in [2.24, 2.45) is 29.6 Å². The van der Waals surface area contributed by atoms with Gasteiger partial charge < -0.3 is 5.11 Å². The molecule has 3 aliphatic carbocycles. The maximum Gasteiger partial charge on any atom is 0.0543 e. The van der Waals surface area contributed by atoms with Gasteiger partial charge in [-0.3, -0.25) is 0 Å². The van der Waals surface area contributed by atoms with Crippen molar-refractivity contribution in [1.82, 2.24) is 0 Å². The Bertz CT molecular complexity index is 344. The first-order chi connectivity index (χ1) is 11.8. The van der Waals surface area contributed by atoms with Crippen LogP contribution in [-0.4, -0.2) is 11.2 Å². The smallest absolute Gasteiger partial charge is 0.0543 e. The molecule has 3 aliphatic rings. The van der Waals surface area contributed by atoms with Crippen LogP contribution in [0.1, 0.15) is 110 Å². The lowest BCUT2D eigenvalue weighted by Gasteiger charge is -2.47. The van der Waals surface area contributed by atoms with Crippen molar-refractivity contribution >= 4 is 0 Å². The second-order valence-electron chi connectivity index (χ2n) is 9.47. The van der Waals surface area contributed by atoms with E-state index in [2.05, 4.69) is 6.92 Å². The SMILES string of the molecule is CCCCCCCC1CCC(C2CCCC3CC(O)CCC32)CC1. The number of aliphatic hydroxyl groups is 1. The Balaban J connectivity index is 1.39. The number of unbranched alkanes of at least 4 members (excludes halogenated alkanes) is 4. The van der Waals surface area contributed by atoms with Gasteiger partial charge in [0.15, 0.2) is 0 Å². The molecule has 24 heavy (non-hydrogen) atoms. The molecule has 0 aromatic carbocycles. The third-order valence-corrected chi connectivity index (χ3v) is 7.89. The molecular formula is C23H42O. The minimum Gasteiger partial charge on any atom is -0.393 e. The Labute approximate surface area is 151 Å². The second-order valence-corrected chi connectivity index (χ2v) is 9.47. The highest BCUT2D eigenvalue weighted by Crippen LogP contribution is 2.50. The predicted molar refractivity (Wildman–Crippen MR) is 103 cm³/mol. The van der Waals surface area contributed by atoms with Gasteiger partial charge in [-0.15, -0.1) is 0 Å². The molecule has 1 heteroatoms. The fraction of sp³-hybridized carbons (Fsp3) is 1.00. The summed E-state index contributed by atoms with van der Waals surface area (Å²) in [5, 5.41) is 10.0. The Morgan fingerprint density at radius 1 is 0.708 bits per heavy atom. The first kappa shape index (κ1) is 18.7. The Hall–Kier alpha value is -0.0400. The molecule has 4 atom stereocenters. The molecule has 0 aliphatic heterocycles. The van der Waals surface area contributed by atoms with Crippen LogP contribution in [0.2, 0.25) is 0 Å². The first-order valence-corrected chi connectivity index (χ1v) is 11.5. The number of fused-ring (bicyclic) bond motifs is 1. The zero-order valence-electron chi connectivity index (χ0n) is 16.2. The van der Waals surface area contributed by atoms with E-state index in [0.29, 0.717) is 0 Å². The second kappa shape index (κ2) is 9.60. The minimum absolute atomic E-state index is 0.0217. The average Bonchev–Trinajstić information content (AvgIpc) is 2.61. The van der Waals surface area contributed by atoms with E-state index >= 15 is 0 Å². The van der Waals surface area contributed by atoms with Gasteiger partial charge in [-0.1, -0.05) is 71.1 Å². The molecule has 1 N–H and O–H groups in total. The van der Waals surface area contributed by atoms with Crippen LogP contribution < -0.4 is 0 Å². The Kier molecular flexibility index (Phi) is 7.50. The highest BCUT2D eigenvalue weighted by atomic mass is 16.3. The summed E-state index contributed by atoms with van der Waals surface area (Å²) in [7, 11) is 0. The van der Waals surface area contributed by atoms with Crippen LogP contribution in [-0.2, 0) is 0 Å². The number of hydrogen-bond donors (Lipinski definition) is 1. The summed E-state index contributed by atoms with van der Waals surface area (Å²) in [5.41, 5.74) is 0. The van der Waals surface area contributed by atoms with Crippen molar-refractivity contribution in [3.63, 3.8) is 0 Å². The largest absolute Gasteiger partial charge is 0.393 e. The molecule has 0 saturated heterocycles. The van der Waals surface area contributed by atoms with Gasteiger partial charge in [0.2, 0.25) is 0 Å². The molecule has 0 heterocycles. The molecule has 3 fully saturated rings. The van der Waals surface area contributed by atoms with Crippen molar-refractivity contribution in [1.29, 1.82) is 0 Å². The molecule has 4 unspecified atom stereocenters. The van der Waals surface area contributed by atoms with Gasteiger partial charge in [-0.2, -0.15) is 0 Å². The molecule has 0 amide bonds. The van der Waals surface area contributed by atoms with E-state index in [1.54, 1.807) is 0 Å². The molecule has 1 nitrogen and oxygen atoms in total. The van der Waals surface area contributed by atoms with Gasteiger partial charge in [0.1, 0.15) is 0 Å². The summed E-state index contributed by atoms with van der Waals surface area (Å²) in [6, 6.07) is 0. The van der Waals surface area contributed by atoms with Gasteiger partial charge in [0.25, 0.3) is 0 Å². The van der Waals surface area contributed by atoms with Crippen LogP contribution in [0, 0.1) is 29.6 Å². The van der Waals surface area contributed by atoms with Crippen LogP contribution in [0.3, 0.4) is 0 Å². The summed E-state index contributed by atoms with van der Waals surface area (Å²) in [5.74, 6) is 4.93. The van der Waals surface area contributed by atoms with Crippen molar-refractivity contribution in [3.05, 3.63) is 0 Å². The molecule has 0 bridgehead atoms. The summed E-state index contributed by atoms with van der Waals surface area (Å²) in [6.45, 7) is 2.31. The van der Waals surface area contributed by atoms with E-state index in [4.69, 9.17) is 0 Å². The molecule has 3 rings (SSSR count). The van der Waals surface area contributed by atoms with Crippen molar-refractivity contribution in [3.8, 4) is 0 Å². The van der Waals surface area contributed by atoms with Crippen LogP contribution >= 0.6 is 0 Å². The van der Waals surface area contributed by atoms with Crippen molar-refractivity contribution in [2.45, 2.75) is 116 Å². The lowest BCUT2D eigenvalue weighted by molar-refractivity contribution is -0.00583. The van der Waals surface area contributed by atoms with E-state index in [9.17, 15) is 5.11 Å². The van der Waals surface area contributed by atoms with E-state index in [0.717, 1.165) is 42.4 Å². The van der Waals surface area contributed by atoms with Gasteiger partial charge in [0.05, 0.1) is 6.10 Å². The van der Waals surface area contributed by atoms with Crippen LogP contribution in [0.5, 0.6) is 0 Å². The van der Waals surface area contributed by atoms with Crippen molar-refractivity contribution < 1.29 is 5.11 Å². The van der Waals surface area contributed by atoms with E-state index in [-0.39, 0.29) is 6.10 Å². The monoisotopic (exact) mass is 334 g/mol. The first-order valence-electron chi connectivity index (χ1n) is 11.5. The van der Waals surface area contributed by atoms with E-state index in [1.807, 2.05) is 0 Å². The summed E-state index contributed by atoms with van der Waals surface area (Å²) in [6.07, 6.45) is 22.7. The maximum absolute atomic E-state index is 10.0. The van der Waals surface area contributed by atoms with E-state index < -0.39 is 0 Å². The summed E-state index contributed by atoms with van der Waals surface area (Å²) < 4.78 is 0. The molecule has 140 valence electrons. The molecule has 3 saturated carbocycles. The predicted octanol–water partition coefficient (Wildman–Crippen LogP) is 6.73. The average molecular weight is 335 g/mol. The lowest BCUT2D eigenvalue weighted by atomic mass is 9.59. The standard InChI is InChI=1S/C23H42O/c1-2-3-4-5-6-8-18-11-13-19(14-12-18)22-10-7-9-20-17-21(24)15-16-23(20)22/h18-24H,2-17H2,1H3. The zero-order chi connectivity index (χ0) is 16.8. The highest BCUT2D eigenvalue weighted by molar-refractivity contribution is 4.91. The van der Waals surface area contributed by atoms with Gasteiger partial charge >= 0.3 is 0 Å². The molecule has 0 aromatic heterocycles. The maximum atomic E-state index is 10.0. The molecule has 0 spiro atoms. The fourth-order valence-corrected chi connectivity index (χ4v) is 6.51. The Morgan fingerprint density at radius 2 is 1.46 bits per heavy atom. The third kappa shape index (κ3) is 4.99. The number of rotatable bonds is 7. The molecule has 0 aromatic rings. The minimum atomic E-state index is 0.0217. The quantitative estimate of drug-likeness (QED) is 0.512. The number of hydrogen-bond acceptors (Lipinski definition) is 1. The van der Waals surface area contributed by atoms with Gasteiger partial charge in [0, 0.05) is 0 Å². The van der Waals surface area contributed by atoms with Gasteiger partial charge in [-0.05, 0) is 68.1 Å². The third-order valence-electron chi connectivity index (χ3n) is 7.89. The normalized spacial score (nSPS) is 40.2. The summed E-state index contributed by atoms with van der Waals surface area (Å²) >= 11 is 0. The van der Waals surface area contributed by atoms with Crippen LogP contribution in [0.15, 0.2) is 0 Å². The number of aliphatic hydroxyl groups excluding tert-OH is 1. The van der Waals surface area contributed by atoms with Crippen LogP contribution in [0.4, 0.5) is 0 Å². The van der Waals surface area contributed by atoms with E-state index in [1.165, 1.54) is 89.9 Å². The summed E-state index contributed by atoms with van der Waals surface area (Å²) in [4.78, 5) is 0. The topological polar surface area (TPSA) is 20.2 Å². The fourth-order valence-electron chi connectivity index (χ4n) is 6.51. The highest BCUT2D eigenvalue weighted by Gasteiger charge is 2.41. The Morgan fingerprint density at radius 3 is 2.25 bits per heavy atom. The molecular weight excluding hydrogens is 292 g/mol. The lowest BCUT2D eigenvalue weighted by Crippen LogP contribution is -2.39.